The van der Waals surface area contributed by atoms with E-state index in [1.54, 1.807) is 0 Å². The van der Waals surface area contributed by atoms with Crippen molar-refractivity contribution in [1.29, 1.82) is 0 Å². The summed E-state index contributed by atoms with van der Waals surface area (Å²) in [6.45, 7) is 5.99. The van der Waals surface area contributed by atoms with E-state index in [1.807, 2.05) is 45.0 Å². The zero-order valence-corrected chi connectivity index (χ0v) is 14.1. The summed E-state index contributed by atoms with van der Waals surface area (Å²) in [5.74, 6) is 0.938. The van der Waals surface area contributed by atoms with Gasteiger partial charge in [-0.15, -0.1) is 0 Å². The Balaban J connectivity index is 2.62. The average molecular weight is 342 g/mol. The molecule has 0 aromatic heterocycles. The molecule has 1 rings (SSSR count). The number of para-hydroxylation sites is 1. The fourth-order valence-corrected chi connectivity index (χ4v) is 2.37. The topological polar surface area (TPSA) is 38.3 Å². The van der Waals surface area contributed by atoms with E-state index in [-0.39, 0.29) is 18.1 Å². The minimum Gasteiger partial charge on any atom is -0.491 e. The van der Waals surface area contributed by atoms with Crippen molar-refractivity contribution in [2.24, 2.45) is 0 Å². The van der Waals surface area contributed by atoms with E-state index in [4.69, 9.17) is 4.74 Å². The number of hydrogen-bond acceptors (Lipinski definition) is 2. The van der Waals surface area contributed by atoms with Crippen LogP contribution in [0.3, 0.4) is 0 Å². The Bertz CT molecular complexity index is 421. The van der Waals surface area contributed by atoms with Gasteiger partial charge in [0.25, 0.3) is 0 Å². The van der Waals surface area contributed by atoms with Gasteiger partial charge in [0, 0.05) is 17.3 Å². The predicted molar refractivity (Wildman–Crippen MR) is 86.4 cm³/mol. The van der Waals surface area contributed by atoms with Crippen LogP contribution >= 0.6 is 15.9 Å². The van der Waals surface area contributed by atoms with Crippen molar-refractivity contribution < 1.29 is 9.53 Å². The number of rotatable bonds is 8. The molecule has 1 aromatic rings. The Morgan fingerprint density at radius 1 is 1.25 bits per heavy atom. The summed E-state index contributed by atoms with van der Waals surface area (Å²) in [5, 5.41) is 3.98. The van der Waals surface area contributed by atoms with Crippen LogP contribution in [0.2, 0.25) is 0 Å². The van der Waals surface area contributed by atoms with E-state index in [0.29, 0.717) is 6.42 Å². The molecule has 0 fully saturated rings. The maximum atomic E-state index is 11.9. The largest absolute Gasteiger partial charge is 0.491 e. The van der Waals surface area contributed by atoms with Crippen molar-refractivity contribution in [3.63, 3.8) is 0 Å². The summed E-state index contributed by atoms with van der Waals surface area (Å²) >= 11 is 3.37. The third-order valence-electron chi connectivity index (χ3n) is 2.91. The molecule has 3 nitrogen and oxygen atoms in total. The summed E-state index contributed by atoms with van der Waals surface area (Å²) < 4.78 is 5.79. The number of alkyl halides is 1. The highest BCUT2D eigenvalue weighted by Gasteiger charge is 2.14. The molecule has 0 heterocycles. The molecule has 20 heavy (non-hydrogen) atoms. The lowest BCUT2D eigenvalue weighted by Crippen LogP contribution is -2.27. The predicted octanol–water partition coefficient (Wildman–Crippen LogP) is 4.22. The lowest BCUT2D eigenvalue weighted by atomic mass is 10.1. The van der Waals surface area contributed by atoms with Gasteiger partial charge < -0.3 is 10.1 Å². The molecule has 1 aromatic carbocycles. The zero-order valence-electron chi connectivity index (χ0n) is 12.5. The first-order chi connectivity index (χ1) is 9.54. The van der Waals surface area contributed by atoms with E-state index >= 15 is 0 Å². The van der Waals surface area contributed by atoms with Crippen LogP contribution in [0.1, 0.15) is 51.6 Å². The van der Waals surface area contributed by atoms with Gasteiger partial charge in [0.1, 0.15) is 5.75 Å². The number of hydrogen-bond donors (Lipinski definition) is 1. The SMILES string of the molecule is CC(C)Oc1ccccc1C(C)NC(=O)CCCCBr. The number of nitrogens with one attached hydrogen (secondary N) is 1. The van der Waals surface area contributed by atoms with Crippen LogP contribution in [-0.2, 0) is 4.79 Å². The number of halogens is 1. The monoisotopic (exact) mass is 341 g/mol. The molecule has 1 unspecified atom stereocenters. The van der Waals surface area contributed by atoms with Crippen molar-refractivity contribution in [1.82, 2.24) is 5.32 Å². The van der Waals surface area contributed by atoms with Crippen LogP contribution in [0.5, 0.6) is 5.75 Å². The summed E-state index contributed by atoms with van der Waals surface area (Å²) in [6.07, 6.45) is 2.63. The van der Waals surface area contributed by atoms with Gasteiger partial charge in [-0.05, 0) is 39.7 Å². The smallest absolute Gasteiger partial charge is 0.220 e. The molecule has 0 spiro atoms. The highest BCUT2D eigenvalue weighted by Crippen LogP contribution is 2.25. The second-order valence-electron chi connectivity index (χ2n) is 5.14. The summed E-state index contributed by atoms with van der Waals surface area (Å²) in [4.78, 5) is 11.9. The van der Waals surface area contributed by atoms with E-state index in [9.17, 15) is 4.79 Å². The zero-order chi connectivity index (χ0) is 15.0. The van der Waals surface area contributed by atoms with Crippen LogP contribution in [0.4, 0.5) is 0 Å². The van der Waals surface area contributed by atoms with Gasteiger partial charge in [-0.1, -0.05) is 34.1 Å². The third-order valence-corrected chi connectivity index (χ3v) is 3.47. The maximum absolute atomic E-state index is 11.9. The fourth-order valence-electron chi connectivity index (χ4n) is 1.97. The normalized spacial score (nSPS) is 12.2. The molecular weight excluding hydrogens is 318 g/mol. The van der Waals surface area contributed by atoms with Crippen LogP contribution in [0.25, 0.3) is 0 Å². The first kappa shape index (κ1) is 17.0. The first-order valence-corrected chi connectivity index (χ1v) is 8.27. The maximum Gasteiger partial charge on any atom is 0.220 e. The van der Waals surface area contributed by atoms with Crippen molar-refractivity contribution in [3.8, 4) is 5.75 Å². The van der Waals surface area contributed by atoms with Gasteiger partial charge in [-0.25, -0.2) is 0 Å². The molecule has 1 atom stereocenters. The minimum absolute atomic E-state index is 0.0404. The molecular formula is C16H24BrNO2. The van der Waals surface area contributed by atoms with Gasteiger partial charge in [-0.2, -0.15) is 0 Å². The molecule has 112 valence electrons. The lowest BCUT2D eigenvalue weighted by molar-refractivity contribution is -0.121. The molecule has 0 saturated heterocycles. The highest BCUT2D eigenvalue weighted by molar-refractivity contribution is 9.09. The molecule has 1 N–H and O–H groups in total. The average Bonchev–Trinajstić information content (AvgIpc) is 2.38. The lowest BCUT2D eigenvalue weighted by Gasteiger charge is -2.19. The van der Waals surface area contributed by atoms with Gasteiger partial charge in [0.05, 0.1) is 12.1 Å². The van der Waals surface area contributed by atoms with Gasteiger partial charge in [0.2, 0.25) is 5.91 Å². The molecule has 4 heteroatoms. The van der Waals surface area contributed by atoms with Crippen molar-refractivity contribution in [2.45, 2.75) is 52.2 Å². The summed E-state index contributed by atoms with van der Waals surface area (Å²) in [6, 6.07) is 7.83. The van der Waals surface area contributed by atoms with E-state index in [1.165, 1.54) is 0 Å². The second kappa shape index (κ2) is 9.01. The van der Waals surface area contributed by atoms with E-state index in [0.717, 1.165) is 29.5 Å². The van der Waals surface area contributed by atoms with Crippen LogP contribution in [0.15, 0.2) is 24.3 Å². The Hall–Kier alpha value is -1.03. The van der Waals surface area contributed by atoms with Crippen molar-refractivity contribution in [2.75, 3.05) is 5.33 Å². The Morgan fingerprint density at radius 2 is 1.95 bits per heavy atom. The molecule has 0 aliphatic heterocycles. The molecule has 0 aliphatic rings. The van der Waals surface area contributed by atoms with Crippen LogP contribution in [-0.4, -0.2) is 17.3 Å². The molecule has 0 bridgehead atoms. The van der Waals surface area contributed by atoms with Crippen LogP contribution < -0.4 is 10.1 Å². The molecule has 0 aliphatic carbocycles. The number of unbranched alkanes of at least 4 members (excludes halogenated alkanes) is 1. The standard InChI is InChI=1S/C16H24BrNO2/c1-12(2)20-15-9-5-4-8-14(15)13(3)18-16(19)10-6-7-11-17/h4-5,8-9,12-13H,6-7,10-11H2,1-3H3,(H,18,19). The Labute approximate surface area is 130 Å². The molecule has 1 amide bonds. The highest BCUT2D eigenvalue weighted by atomic mass is 79.9. The molecule has 0 radical (unpaired) electrons. The van der Waals surface area contributed by atoms with E-state index < -0.39 is 0 Å². The van der Waals surface area contributed by atoms with Gasteiger partial charge >= 0.3 is 0 Å². The molecule has 0 saturated carbocycles. The second-order valence-corrected chi connectivity index (χ2v) is 5.93. The Kier molecular flexibility index (Phi) is 7.67. The summed E-state index contributed by atoms with van der Waals surface area (Å²) in [5.41, 5.74) is 1.02. The number of benzene rings is 1. The quantitative estimate of drug-likeness (QED) is 0.568. The number of carbonyl (C=O) groups excluding carboxylic acids is 1. The van der Waals surface area contributed by atoms with Crippen LogP contribution in [0, 0.1) is 0 Å². The van der Waals surface area contributed by atoms with Crippen molar-refractivity contribution >= 4 is 21.8 Å². The number of ether oxygens (including phenoxy) is 1. The third kappa shape index (κ3) is 5.95. The van der Waals surface area contributed by atoms with Gasteiger partial charge in [-0.3, -0.25) is 4.79 Å². The number of carbonyl (C=O) groups is 1. The first-order valence-electron chi connectivity index (χ1n) is 7.15. The van der Waals surface area contributed by atoms with E-state index in [2.05, 4.69) is 21.2 Å². The fraction of sp³-hybridized carbons (Fsp3) is 0.562. The summed E-state index contributed by atoms with van der Waals surface area (Å²) in [7, 11) is 0. The number of amides is 1. The van der Waals surface area contributed by atoms with Crippen molar-refractivity contribution in [3.05, 3.63) is 29.8 Å². The minimum atomic E-state index is -0.0404. The Morgan fingerprint density at radius 3 is 2.60 bits per heavy atom. The van der Waals surface area contributed by atoms with Gasteiger partial charge in [0.15, 0.2) is 0 Å².